The highest BCUT2D eigenvalue weighted by atomic mass is 16.6. The minimum Gasteiger partial charge on any atom is -0.462 e. The molecular weight excluding hydrogens is 969 g/mol. The largest absolute Gasteiger partial charge is 0.462 e. The summed E-state index contributed by atoms with van der Waals surface area (Å²) in [5.41, 5.74) is 0. The molecule has 78 heavy (non-hydrogen) atoms. The fourth-order valence-corrected chi connectivity index (χ4v) is 10.6. The Hall–Kier alpha value is -2.12. The summed E-state index contributed by atoms with van der Waals surface area (Å²) in [5.74, 6) is -0.562. The maximum atomic E-state index is 12.6. The topological polar surface area (TPSA) is 105 Å². The number of hydrogen-bond donors (Lipinski definition) is 0. The number of esters is 4. The molecular formula is C70H136O8. The molecule has 0 aliphatic carbocycles. The summed E-state index contributed by atoms with van der Waals surface area (Å²) >= 11 is 0. The molecule has 0 N–H and O–H groups in total. The van der Waals surface area contributed by atoms with Gasteiger partial charge in [-0.3, -0.25) is 19.2 Å². The Bertz CT molecular complexity index is 1010. The van der Waals surface area contributed by atoms with E-state index in [0.717, 1.165) is 103 Å². The number of ether oxygens (including phenoxy) is 4. The van der Waals surface area contributed by atoms with Crippen LogP contribution >= 0.6 is 0 Å². The van der Waals surface area contributed by atoms with Crippen LogP contribution < -0.4 is 0 Å². The second-order valence-electron chi connectivity index (χ2n) is 23.8. The van der Waals surface area contributed by atoms with Crippen LogP contribution in [0.2, 0.25) is 0 Å². The van der Waals surface area contributed by atoms with Crippen molar-refractivity contribution in [3.63, 3.8) is 0 Å². The summed E-state index contributed by atoms with van der Waals surface area (Å²) < 4.78 is 23.6. The van der Waals surface area contributed by atoms with Gasteiger partial charge in [0.1, 0.15) is 24.4 Å². The van der Waals surface area contributed by atoms with E-state index in [9.17, 15) is 19.2 Å². The van der Waals surface area contributed by atoms with Gasteiger partial charge < -0.3 is 18.9 Å². The monoisotopic (exact) mass is 1110 g/mol. The van der Waals surface area contributed by atoms with Crippen molar-refractivity contribution in [3.8, 4) is 0 Å². The smallest absolute Gasteiger partial charge is 0.306 e. The number of unbranched alkanes of at least 4 members (excludes halogenated alkanes) is 32. The van der Waals surface area contributed by atoms with Gasteiger partial charge in [-0.05, 0) is 116 Å². The predicted octanol–water partition coefficient (Wildman–Crippen LogP) is 22.8. The van der Waals surface area contributed by atoms with Gasteiger partial charge >= 0.3 is 23.9 Å². The Labute approximate surface area is 486 Å². The molecule has 0 heterocycles. The van der Waals surface area contributed by atoms with Crippen LogP contribution in [0, 0.1) is 0 Å². The molecule has 0 aliphatic rings. The van der Waals surface area contributed by atoms with Crippen molar-refractivity contribution in [2.24, 2.45) is 0 Å². The maximum Gasteiger partial charge on any atom is 0.306 e. The fourth-order valence-electron chi connectivity index (χ4n) is 10.6. The van der Waals surface area contributed by atoms with Gasteiger partial charge in [0, 0.05) is 25.7 Å². The molecule has 0 amide bonds. The molecule has 464 valence electrons. The lowest BCUT2D eigenvalue weighted by Crippen LogP contribution is -2.20. The number of carbonyl (C=O) groups excluding carboxylic acids is 4. The standard InChI is InChI=1S/2C35H68O4/c2*1-5-9-13-17-21-26-32(27-22-18-14-10-6-2)38-34(36)30-25-31-35(37)39-33(28-23-19-15-11-7-3)29-24-20-16-12-8-4/h2*32-33H,5-31H2,1-4H3. The van der Waals surface area contributed by atoms with Crippen molar-refractivity contribution >= 4 is 23.9 Å². The van der Waals surface area contributed by atoms with Gasteiger partial charge in [0.2, 0.25) is 0 Å². The first-order chi connectivity index (χ1) is 38.1. The summed E-state index contributed by atoms with van der Waals surface area (Å²) in [7, 11) is 0. The van der Waals surface area contributed by atoms with E-state index in [-0.39, 0.29) is 48.3 Å². The zero-order valence-corrected chi connectivity index (χ0v) is 53.8. The number of hydrogen-bond acceptors (Lipinski definition) is 8. The van der Waals surface area contributed by atoms with Crippen LogP contribution in [0.5, 0.6) is 0 Å². The molecule has 0 aliphatic heterocycles. The van der Waals surface area contributed by atoms with Gasteiger partial charge in [-0.1, -0.05) is 261 Å². The first-order valence-corrected chi connectivity index (χ1v) is 34.9. The van der Waals surface area contributed by atoms with Gasteiger partial charge in [0.05, 0.1) is 0 Å². The van der Waals surface area contributed by atoms with Gasteiger partial charge in [-0.2, -0.15) is 0 Å². The van der Waals surface area contributed by atoms with E-state index in [1.807, 2.05) is 0 Å². The number of rotatable bonds is 60. The van der Waals surface area contributed by atoms with Gasteiger partial charge in [-0.25, -0.2) is 0 Å². The molecule has 0 radical (unpaired) electrons. The molecule has 0 saturated carbocycles. The molecule has 0 atom stereocenters. The summed E-state index contributed by atoms with van der Waals surface area (Å²) in [6, 6.07) is 0. The molecule has 0 rings (SSSR count). The molecule has 8 heteroatoms. The third-order valence-electron chi connectivity index (χ3n) is 15.8. The van der Waals surface area contributed by atoms with Crippen LogP contribution in [0.25, 0.3) is 0 Å². The highest BCUT2D eigenvalue weighted by molar-refractivity contribution is 5.73. The fraction of sp³-hybridized carbons (Fsp3) is 0.943. The Kier molecular flexibility index (Phi) is 64.0. The number of carbonyl (C=O) groups is 4. The van der Waals surface area contributed by atoms with Gasteiger partial charge in [-0.15, -0.1) is 0 Å². The summed E-state index contributed by atoms with van der Waals surface area (Å²) in [6.07, 6.45) is 59.6. The quantitative estimate of drug-likeness (QED) is 0.0337. The highest BCUT2D eigenvalue weighted by Crippen LogP contribution is 2.22. The summed E-state index contributed by atoms with van der Waals surface area (Å²) in [4.78, 5) is 50.4. The van der Waals surface area contributed by atoms with Crippen molar-refractivity contribution in [2.45, 2.75) is 427 Å². The highest BCUT2D eigenvalue weighted by Gasteiger charge is 2.20. The molecule has 0 spiro atoms. The average Bonchev–Trinajstić information content (AvgIpc) is 3.42. The second kappa shape index (κ2) is 64.1. The van der Waals surface area contributed by atoms with Crippen molar-refractivity contribution in [3.05, 3.63) is 0 Å². The Morgan fingerprint density at radius 2 is 0.321 bits per heavy atom. The van der Waals surface area contributed by atoms with E-state index in [2.05, 4.69) is 55.4 Å². The predicted molar refractivity (Wildman–Crippen MR) is 334 cm³/mol. The molecule has 0 aromatic carbocycles. The lowest BCUT2D eigenvalue weighted by molar-refractivity contribution is -0.153. The normalized spacial score (nSPS) is 11.4. The molecule has 0 bridgehead atoms. The lowest BCUT2D eigenvalue weighted by atomic mass is 10.0. The molecule has 0 fully saturated rings. The zero-order chi connectivity index (χ0) is 57.6. The third kappa shape index (κ3) is 58.5. The van der Waals surface area contributed by atoms with Crippen LogP contribution in [0.3, 0.4) is 0 Å². The van der Waals surface area contributed by atoms with E-state index < -0.39 is 0 Å². The van der Waals surface area contributed by atoms with Crippen molar-refractivity contribution < 1.29 is 38.1 Å². The van der Waals surface area contributed by atoms with Crippen LogP contribution in [0.4, 0.5) is 0 Å². The van der Waals surface area contributed by atoms with E-state index in [4.69, 9.17) is 18.9 Å². The molecule has 8 nitrogen and oxygen atoms in total. The lowest BCUT2D eigenvalue weighted by Gasteiger charge is -2.19. The maximum absolute atomic E-state index is 12.6. The third-order valence-corrected chi connectivity index (χ3v) is 15.8. The van der Waals surface area contributed by atoms with Gasteiger partial charge in [0.15, 0.2) is 0 Å². The van der Waals surface area contributed by atoms with E-state index in [0.29, 0.717) is 38.5 Å². The van der Waals surface area contributed by atoms with Gasteiger partial charge in [0.25, 0.3) is 0 Å². The summed E-state index contributed by atoms with van der Waals surface area (Å²) in [6.45, 7) is 17.9. The van der Waals surface area contributed by atoms with E-state index >= 15 is 0 Å². The average molecular weight is 1110 g/mol. The SMILES string of the molecule is CCCCCCCC(CCCCCCC)OC(=O)CCCC(=O)OC(CCCCCCC)CCCCCCC.CCCCCCCC(CCCCCCC)OC(=O)CCCC(=O)OC(CCCCCCC)CCCCCCC. The van der Waals surface area contributed by atoms with Crippen molar-refractivity contribution in [1.29, 1.82) is 0 Å². The summed E-state index contributed by atoms with van der Waals surface area (Å²) in [5, 5.41) is 0. The van der Waals surface area contributed by atoms with Crippen LogP contribution in [-0.2, 0) is 38.1 Å². The van der Waals surface area contributed by atoms with Crippen LogP contribution in [0.15, 0.2) is 0 Å². The first-order valence-electron chi connectivity index (χ1n) is 34.9. The minimum absolute atomic E-state index is 0.0394. The Morgan fingerprint density at radius 3 is 0.449 bits per heavy atom. The zero-order valence-electron chi connectivity index (χ0n) is 53.8. The van der Waals surface area contributed by atoms with E-state index in [1.165, 1.54) is 205 Å². The Morgan fingerprint density at radius 1 is 0.192 bits per heavy atom. The first kappa shape index (κ1) is 77.9. The second-order valence-corrected chi connectivity index (χ2v) is 23.8. The van der Waals surface area contributed by atoms with E-state index in [1.54, 1.807) is 0 Å². The van der Waals surface area contributed by atoms with Crippen molar-refractivity contribution in [1.82, 2.24) is 0 Å². The Balaban J connectivity index is 0. The molecule has 0 aromatic rings. The van der Waals surface area contributed by atoms with Crippen molar-refractivity contribution in [2.75, 3.05) is 0 Å². The minimum atomic E-state index is -0.140. The van der Waals surface area contributed by atoms with Crippen LogP contribution in [0.1, 0.15) is 402 Å². The molecule has 0 saturated heterocycles. The molecule has 0 unspecified atom stereocenters. The molecule has 0 aromatic heterocycles. The van der Waals surface area contributed by atoms with Crippen LogP contribution in [-0.4, -0.2) is 48.3 Å².